The monoisotopic (exact) mass is 372 g/mol. The second-order valence-corrected chi connectivity index (χ2v) is 10.8. The van der Waals surface area contributed by atoms with Crippen molar-refractivity contribution in [1.29, 1.82) is 0 Å². The lowest BCUT2D eigenvalue weighted by molar-refractivity contribution is 0.486. The molecule has 2 aromatic rings. The van der Waals surface area contributed by atoms with Crippen LogP contribution in [0.5, 0.6) is 5.75 Å². The van der Waals surface area contributed by atoms with E-state index in [1.165, 1.54) is 5.56 Å². The van der Waals surface area contributed by atoms with Gasteiger partial charge >= 0.3 is 7.67 Å². The molecule has 2 N–H and O–H groups in total. The van der Waals surface area contributed by atoms with Crippen LogP contribution in [0.4, 0.5) is 11.4 Å². The van der Waals surface area contributed by atoms with Crippen LogP contribution in [0, 0.1) is 6.92 Å². The van der Waals surface area contributed by atoms with Gasteiger partial charge in [0.05, 0.1) is 5.69 Å². The zero-order valence-electron chi connectivity index (χ0n) is 16.7. The molecule has 0 saturated heterocycles. The maximum Gasteiger partial charge on any atom is 0.444 e. The van der Waals surface area contributed by atoms with Gasteiger partial charge in [0.25, 0.3) is 0 Å². The van der Waals surface area contributed by atoms with Crippen LogP contribution in [0.15, 0.2) is 36.4 Å². The molecule has 0 bridgehead atoms. The topological polar surface area (TPSA) is 50.4 Å². The van der Waals surface area contributed by atoms with Crippen LogP contribution in [-0.2, 0) is 15.4 Å². The molecule has 2 aromatic carbocycles. The number of nitrogens with one attached hydrogen (secondary N) is 2. The van der Waals surface area contributed by atoms with Gasteiger partial charge in [-0.2, -0.15) is 0 Å². The molecule has 4 nitrogen and oxygen atoms in total. The fraction of sp³-hybridized carbons (Fsp3) is 0.429. The molecule has 140 valence electrons. The lowest BCUT2D eigenvalue weighted by atomic mass is 9.80. The molecule has 26 heavy (non-hydrogen) atoms. The highest BCUT2D eigenvalue weighted by atomic mass is 31.2. The lowest BCUT2D eigenvalue weighted by Gasteiger charge is -2.26. The highest BCUT2D eigenvalue weighted by Crippen LogP contribution is 2.59. The van der Waals surface area contributed by atoms with Crippen molar-refractivity contribution in [1.82, 2.24) is 0 Å². The van der Waals surface area contributed by atoms with E-state index in [0.717, 1.165) is 22.5 Å². The van der Waals surface area contributed by atoms with Crippen molar-refractivity contribution in [2.75, 3.05) is 10.2 Å². The van der Waals surface area contributed by atoms with Gasteiger partial charge in [-0.05, 0) is 41.0 Å². The van der Waals surface area contributed by atoms with Gasteiger partial charge in [0.1, 0.15) is 0 Å². The predicted molar refractivity (Wildman–Crippen MR) is 111 cm³/mol. The van der Waals surface area contributed by atoms with Gasteiger partial charge in [0, 0.05) is 11.3 Å². The molecular weight excluding hydrogens is 343 g/mol. The van der Waals surface area contributed by atoms with Crippen molar-refractivity contribution in [3.05, 3.63) is 53.1 Å². The third kappa shape index (κ3) is 3.61. The molecule has 0 aromatic heterocycles. The molecule has 1 heterocycles. The summed E-state index contributed by atoms with van der Waals surface area (Å²) < 4.78 is 19.4. The predicted octanol–water partition coefficient (Wildman–Crippen LogP) is 6.61. The third-order valence-electron chi connectivity index (χ3n) is 4.66. The number of benzene rings is 2. The van der Waals surface area contributed by atoms with E-state index in [9.17, 15) is 4.57 Å². The molecule has 5 heteroatoms. The summed E-state index contributed by atoms with van der Waals surface area (Å²) in [5.74, 6) is 0.690. The second kappa shape index (κ2) is 6.06. The largest absolute Gasteiger partial charge is 0.444 e. The van der Waals surface area contributed by atoms with Crippen LogP contribution in [0.2, 0.25) is 0 Å². The molecule has 0 saturated carbocycles. The van der Waals surface area contributed by atoms with Gasteiger partial charge in [0.2, 0.25) is 0 Å². The van der Waals surface area contributed by atoms with Crippen LogP contribution >= 0.6 is 7.67 Å². The van der Waals surface area contributed by atoms with Crippen molar-refractivity contribution >= 4 is 19.0 Å². The quantitative estimate of drug-likeness (QED) is 0.582. The molecule has 1 unspecified atom stereocenters. The Kier molecular flexibility index (Phi) is 4.39. The van der Waals surface area contributed by atoms with Gasteiger partial charge < -0.3 is 4.52 Å². The highest BCUT2D eigenvalue weighted by molar-refractivity contribution is 7.63. The number of aryl methyl sites for hydroxylation is 1. The Labute approximate surface area is 156 Å². The summed E-state index contributed by atoms with van der Waals surface area (Å²) in [6.45, 7) is 15.0. The molecule has 0 aliphatic carbocycles. The van der Waals surface area contributed by atoms with E-state index in [4.69, 9.17) is 4.52 Å². The third-order valence-corrected chi connectivity index (χ3v) is 6.17. The van der Waals surface area contributed by atoms with Gasteiger partial charge in [0.15, 0.2) is 5.75 Å². The van der Waals surface area contributed by atoms with Gasteiger partial charge in [-0.1, -0.05) is 65.8 Å². The molecule has 0 spiro atoms. The van der Waals surface area contributed by atoms with E-state index in [2.05, 4.69) is 63.8 Å². The first-order chi connectivity index (χ1) is 11.9. The summed E-state index contributed by atoms with van der Waals surface area (Å²) in [5.41, 5.74) is 4.77. The number of para-hydroxylation sites is 1. The van der Waals surface area contributed by atoms with Gasteiger partial charge in [-0.3, -0.25) is 10.2 Å². The van der Waals surface area contributed by atoms with E-state index < -0.39 is 7.67 Å². The Morgan fingerprint density at radius 2 is 1.65 bits per heavy atom. The second-order valence-electron chi connectivity index (χ2n) is 9.08. The van der Waals surface area contributed by atoms with Crippen molar-refractivity contribution in [3.8, 4) is 5.75 Å². The van der Waals surface area contributed by atoms with Gasteiger partial charge in [-0.25, -0.2) is 4.57 Å². The summed E-state index contributed by atoms with van der Waals surface area (Å²) in [5, 5.41) is 6.23. The molecule has 0 fully saturated rings. The summed E-state index contributed by atoms with van der Waals surface area (Å²) in [7, 11) is -3.27. The van der Waals surface area contributed by atoms with E-state index in [0.29, 0.717) is 5.75 Å². The zero-order chi connectivity index (χ0) is 19.3. The standard InChI is InChI=1S/C21H29N2O2P/c1-14-10-8-9-11-17(14)22-26(24)23-18-13-15(20(2,3)4)12-16(19(18)25-26)21(5,6)7/h8-13H,1-7H3,(H2,22,23,24). The minimum atomic E-state index is -3.27. The van der Waals surface area contributed by atoms with E-state index in [1.54, 1.807) is 0 Å². The number of fused-ring (bicyclic) bond motifs is 1. The molecule has 3 rings (SSSR count). The average Bonchev–Trinajstić information content (AvgIpc) is 2.82. The summed E-state index contributed by atoms with van der Waals surface area (Å²) in [4.78, 5) is 0. The normalized spacial score (nSPS) is 19.5. The molecule has 1 atom stereocenters. The van der Waals surface area contributed by atoms with Crippen LogP contribution in [0.1, 0.15) is 58.2 Å². The Balaban J connectivity index is 2.04. The first-order valence-electron chi connectivity index (χ1n) is 9.00. The maximum absolute atomic E-state index is 13.4. The van der Waals surface area contributed by atoms with E-state index in [-0.39, 0.29) is 10.8 Å². The minimum Gasteiger partial charge on any atom is -0.411 e. The van der Waals surface area contributed by atoms with Crippen LogP contribution in [0.25, 0.3) is 0 Å². The highest BCUT2D eigenvalue weighted by Gasteiger charge is 2.39. The molecule has 1 aliphatic rings. The lowest BCUT2D eigenvalue weighted by Crippen LogP contribution is -2.16. The van der Waals surface area contributed by atoms with Crippen molar-refractivity contribution in [2.45, 2.75) is 59.3 Å². The fourth-order valence-corrected chi connectivity index (χ4v) is 4.67. The smallest absolute Gasteiger partial charge is 0.411 e. The van der Waals surface area contributed by atoms with Crippen LogP contribution in [0.3, 0.4) is 0 Å². The Hall–Kier alpha value is -1.93. The molecular formula is C21H29N2O2P. The minimum absolute atomic E-state index is 0.00721. The van der Waals surface area contributed by atoms with Crippen LogP contribution in [-0.4, -0.2) is 0 Å². The Bertz CT molecular complexity index is 892. The fourth-order valence-electron chi connectivity index (χ4n) is 3.02. The molecule has 0 amide bonds. The van der Waals surface area contributed by atoms with Crippen molar-refractivity contribution in [3.63, 3.8) is 0 Å². The maximum atomic E-state index is 13.4. The van der Waals surface area contributed by atoms with Crippen molar-refractivity contribution < 1.29 is 9.09 Å². The molecule has 1 aliphatic heterocycles. The Morgan fingerprint density at radius 1 is 1.00 bits per heavy atom. The number of anilines is 2. The van der Waals surface area contributed by atoms with E-state index in [1.807, 2.05) is 31.2 Å². The number of rotatable bonds is 2. The van der Waals surface area contributed by atoms with E-state index >= 15 is 0 Å². The summed E-state index contributed by atoms with van der Waals surface area (Å²) >= 11 is 0. The SMILES string of the molecule is Cc1ccccc1NP1(=O)Nc2cc(C(C)(C)C)cc(C(C)(C)C)c2O1. The van der Waals surface area contributed by atoms with Crippen molar-refractivity contribution in [2.24, 2.45) is 0 Å². The zero-order valence-corrected chi connectivity index (χ0v) is 17.6. The number of hydrogen-bond donors (Lipinski definition) is 2. The average molecular weight is 372 g/mol. The first-order valence-corrected chi connectivity index (χ1v) is 10.6. The summed E-state index contributed by atoms with van der Waals surface area (Å²) in [6, 6.07) is 12.0. The summed E-state index contributed by atoms with van der Waals surface area (Å²) in [6.07, 6.45) is 0. The molecule has 0 radical (unpaired) electrons. The first kappa shape index (κ1) is 18.8. The Morgan fingerprint density at radius 3 is 2.23 bits per heavy atom. The van der Waals surface area contributed by atoms with Crippen LogP contribution < -0.4 is 14.7 Å². The number of hydrogen-bond acceptors (Lipinski definition) is 2. The van der Waals surface area contributed by atoms with Gasteiger partial charge in [-0.15, -0.1) is 0 Å².